The Morgan fingerprint density at radius 3 is 2.58 bits per heavy atom. The minimum Gasteiger partial charge on any atom is -0.491 e. The molecular formula is C23H30ClN3O3S. The van der Waals surface area contributed by atoms with Crippen molar-refractivity contribution in [2.45, 2.75) is 52.2 Å². The Morgan fingerprint density at radius 1 is 1.23 bits per heavy atom. The van der Waals surface area contributed by atoms with E-state index in [-0.39, 0.29) is 36.6 Å². The fraction of sp³-hybridized carbons (Fsp3) is 0.478. The Kier molecular flexibility index (Phi) is 7.84. The molecule has 3 rings (SSSR count). The summed E-state index contributed by atoms with van der Waals surface area (Å²) in [5.74, 6) is 0.633. The number of thiophene rings is 1. The second-order valence-electron chi connectivity index (χ2n) is 8.24. The van der Waals surface area contributed by atoms with Gasteiger partial charge in [-0.25, -0.2) is 4.79 Å². The predicted molar refractivity (Wildman–Crippen MR) is 125 cm³/mol. The summed E-state index contributed by atoms with van der Waals surface area (Å²) in [5, 5.41) is 5.60. The molecule has 0 saturated heterocycles. The Bertz CT molecular complexity index is 898. The van der Waals surface area contributed by atoms with Crippen molar-refractivity contribution in [2.75, 3.05) is 19.7 Å². The summed E-state index contributed by atoms with van der Waals surface area (Å²) < 4.78 is 6.02. The number of carbonyl (C=O) groups excluding carboxylic acids is 2. The van der Waals surface area contributed by atoms with Gasteiger partial charge in [0.2, 0.25) is 5.91 Å². The molecule has 1 N–H and O–H groups in total. The quantitative estimate of drug-likeness (QED) is 0.645. The molecule has 168 valence electrons. The lowest BCUT2D eigenvalue weighted by Crippen LogP contribution is -2.52. The van der Waals surface area contributed by atoms with E-state index >= 15 is 0 Å². The van der Waals surface area contributed by atoms with Gasteiger partial charge in [-0.2, -0.15) is 0 Å². The van der Waals surface area contributed by atoms with Crippen molar-refractivity contribution in [3.05, 3.63) is 51.2 Å². The number of ether oxygens (including phenoxy) is 1. The van der Waals surface area contributed by atoms with Crippen molar-refractivity contribution >= 4 is 34.9 Å². The highest BCUT2D eigenvalue weighted by Gasteiger charge is 2.34. The normalized spacial score (nSPS) is 15.7. The van der Waals surface area contributed by atoms with E-state index in [4.69, 9.17) is 16.3 Å². The molecule has 0 saturated carbocycles. The lowest BCUT2D eigenvalue weighted by atomic mass is 10.0. The number of fused-ring (bicyclic) bond motifs is 1. The highest BCUT2D eigenvalue weighted by Crippen LogP contribution is 2.34. The van der Waals surface area contributed by atoms with Crippen LogP contribution in [0.1, 0.15) is 44.2 Å². The number of halogens is 1. The van der Waals surface area contributed by atoms with Crippen LogP contribution in [0.5, 0.6) is 5.75 Å². The van der Waals surface area contributed by atoms with Crippen molar-refractivity contribution in [3.8, 4) is 5.75 Å². The van der Waals surface area contributed by atoms with Gasteiger partial charge in [0.15, 0.2) is 0 Å². The molecule has 6 nitrogen and oxygen atoms in total. The number of hydrogen-bond donors (Lipinski definition) is 1. The standard InChI is InChI=1S/C23H30ClN3O3S/c1-15(2)25-23(29)27(16(3)4)13-22(28)26-11-9-21-19(10-12-31-21)20(26)14-30-18-7-5-17(24)6-8-18/h5-8,10,12,15-16,20H,9,11,13-14H2,1-4H3,(H,25,29)/t20-/m0/s1. The molecule has 1 aliphatic heterocycles. The van der Waals surface area contributed by atoms with Crippen molar-refractivity contribution in [2.24, 2.45) is 0 Å². The summed E-state index contributed by atoms with van der Waals surface area (Å²) in [5.41, 5.74) is 1.13. The SMILES string of the molecule is CC(C)NC(=O)N(CC(=O)N1CCc2sccc2[C@@H]1COc1ccc(Cl)cc1)C(C)C. The van der Waals surface area contributed by atoms with Crippen LogP contribution < -0.4 is 10.1 Å². The highest BCUT2D eigenvalue weighted by molar-refractivity contribution is 7.10. The van der Waals surface area contributed by atoms with Gasteiger partial charge in [-0.15, -0.1) is 11.3 Å². The van der Waals surface area contributed by atoms with Crippen molar-refractivity contribution in [3.63, 3.8) is 0 Å². The first-order chi connectivity index (χ1) is 14.8. The lowest BCUT2D eigenvalue weighted by Gasteiger charge is -2.37. The zero-order chi connectivity index (χ0) is 22.5. The van der Waals surface area contributed by atoms with Crippen molar-refractivity contribution < 1.29 is 14.3 Å². The molecule has 1 aromatic carbocycles. The molecule has 0 aliphatic carbocycles. The van der Waals surface area contributed by atoms with Crippen LogP contribution in [0, 0.1) is 0 Å². The topological polar surface area (TPSA) is 61.9 Å². The molecule has 0 bridgehead atoms. The Balaban J connectivity index is 1.76. The van der Waals surface area contributed by atoms with Crippen LogP contribution in [0.2, 0.25) is 5.02 Å². The van der Waals surface area contributed by atoms with Crippen LogP contribution >= 0.6 is 22.9 Å². The van der Waals surface area contributed by atoms with Crippen molar-refractivity contribution in [1.82, 2.24) is 15.1 Å². The Morgan fingerprint density at radius 2 is 1.94 bits per heavy atom. The van der Waals surface area contributed by atoms with Crippen LogP contribution in [-0.4, -0.2) is 53.5 Å². The first-order valence-corrected chi connectivity index (χ1v) is 11.8. The fourth-order valence-corrected chi connectivity index (χ4v) is 4.69. The van der Waals surface area contributed by atoms with Crippen LogP contribution in [0.25, 0.3) is 0 Å². The summed E-state index contributed by atoms with van der Waals surface area (Å²) in [7, 11) is 0. The van der Waals surface area contributed by atoms with Gasteiger partial charge in [0.25, 0.3) is 0 Å². The van der Waals surface area contributed by atoms with Crippen LogP contribution in [0.15, 0.2) is 35.7 Å². The van der Waals surface area contributed by atoms with E-state index in [9.17, 15) is 9.59 Å². The van der Waals surface area contributed by atoms with Crippen LogP contribution in [0.3, 0.4) is 0 Å². The third kappa shape index (κ3) is 5.92. The molecule has 31 heavy (non-hydrogen) atoms. The first-order valence-electron chi connectivity index (χ1n) is 10.6. The van der Waals surface area contributed by atoms with Gasteiger partial charge in [-0.1, -0.05) is 11.6 Å². The maximum absolute atomic E-state index is 13.3. The smallest absolute Gasteiger partial charge is 0.318 e. The number of rotatable bonds is 7. The number of nitrogens with one attached hydrogen (secondary N) is 1. The second kappa shape index (κ2) is 10.4. The number of nitrogens with zero attached hydrogens (tertiary/aromatic N) is 2. The van der Waals surface area contributed by atoms with E-state index in [1.54, 1.807) is 28.4 Å². The first kappa shape index (κ1) is 23.4. The Hall–Kier alpha value is -2.25. The zero-order valence-corrected chi connectivity index (χ0v) is 20.0. The molecule has 0 spiro atoms. The zero-order valence-electron chi connectivity index (χ0n) is 18.4. The van der Waals surface area contributed by atoms with Crippen LogP contribution in [0.4, 0.5) is 4.79 Å². The maximum Gasteiger partial charge on any atom is 0.318 e. The average molecular weight is 464 g/mol. The van der Waals surface area contributed by atoms with E-state index < -0.39 is 0 Å². The summed E-state index contributed by atoms with van der Waals surface area (Å²) in [6, 6.07) is 8.78. The van der Waals surface area contributed by atoms with Gasteiger partial charge >= 0.3 is 6.03 Å². The molecule has 1 atom stereocenters. The van der Waals surface area contributed by atoms with Gasteiger partial charge in [-0.3, -0.25) is 4.79 Å². The van der Waals surface area contributed by atoms with Crippen LogP contribution in [-0.2, 0) is 11.2 Å². The van der Waals surface area contributed by atoms with E-state index in [1.807, 2.05) is 44.7 Å². The fourth-order valence-electron chi connectivity index (χ4n) is 3.64. The molecule has 8 heteroatoms. The molecule has 1 aliphatic rings. The molecule has 0 unspecified atom stereocenters. The summed E-state index contributed by atoms with van der Waals surface area (Å²) in [6.45, 7) is 8.64. The molecule has 2 aromatic rings. The molecule has 1 aromatic heterocycles. The van der Waals surface area contributed by atoms with Crippen molar-refractivity contribution in [1.29, 1.82) is 0 Å². The number of amides is 3. The molecule has 2 heterocycles. The van der Waals surface area contributed by atoms with E-state index in [2.05, 4.69) is 16.8 Å². The number of carbonyl (C=O) groups is 2. The third-order valence-corrected chi connectivity index (χ3v) is 6.49. The summed E-state index contributed by atoms with van der Waals surface area (Å²) >= 11 is 7.68. The summed E-state index contributed by atoms with van der Waals surface area (Å²) in [6.07, 6.45) is 0.816. The van der Waals surface area contributed by atoms with Gasteiger partial charge in [0, 0.05) is 28.5 Å². The summed E-state index contributed by atoms with van der Waals surface area (Å²) in [4.78, 5) is 30.7. The van der Waals surface area contributed by atoms with E-state index in [1.165, 1.54) is 4.88 Å². The highest BCUT2D eigenvalue weighted by atomic mass is 35.5. The largest absolute Gasteiger partial charge is 0.491 e. The maximum atomic E-state index is 13.3. The predicted octanol–water partition coefficient (Wildman–Crippen LogP) is 4.73. The van der Waals surface area contributed by atoms with Gasteiger partial charge < -0.3 is 19.9 Å². The molecule has 0 fully saturated rings. The van der Waals surface area contributed by atoms with Gasteiger partial charge in [0.05, 0.1) is 6.04 Å². The minimum absolute atomic E-state index is 0.00716. The Labute approximate surface area is 193 Å². The van der Waals surface area contributed by atoms with Gasteiger partial charge in [-0.05, 0) is 75.4 Å². The molecule has 0 radical (unpaired) electrons. The average Bonchev–Trinajstić information content (AvgIpc) is 3.19. The second-order valence-corrected chi connectivity index (χ2v) is 9.68. The number of urea groups is 1. The number of hydrogen-bond acceptors (Lipinski definition) is 4. The molecular weight excluding hydrogens is 434 g/mol. The van der Waals surface area contributed by atoms with E-state index in [0.29, 0.717) is 23.9 Å². The lowest BCUT2D eigenvalue weighted by molar-refractivity contribution is -0.135. The monoisotopic (exact) mass is 463 g/mol. The minimum atomic E-state index is -0.222. The molecule has 3 amide bonds. The number of benzene rings is 1. The third-order valence-electron chi connectivity index (χ3n) is 5.24. The van der Waals surface area contributed by atoms with Gasteiger partial charge in [0.1, 0.15) is 18.9 Å². The van der Waals surface area contributed by atoms with E-state index in [0.717, 1.165) is 12.0 Å².